The summed E-state index contributed by atoms with van der Waals surface area (Å²) in [7, 11) is 0. The van der Waals surface area contributed by atoms with Crippen molar-refractivity contribution in [3.8, 4) is 0 Å². The van der Waals surface area contributed by atoms with Crippen LogP contribution >= 0.6 is 0 Å². The Bertz CT molecular complexity index is 572. The van der Waals surface area contributed by atoms with E-state index in [2.05, 4.69) is 35.4 Å². The van der Waals surface area contributed by atoms with Crippen molar-refractivity contribution >= 4 is 16.8 Å². The summed E-state index contributed by atoms with van der Waals surface area (Å²) >= 11 is 0. The molecule has 0 saturated heterocycles. The molecule has 1 heterocycles. The molecule has 2 aromatic rings. The summed E-state index contributed by atoms with van der Waals surface area (Å²) in [5, 5.41) is 4.08. The molecule has 2 rings (SSSR count). The van der Waals surface area contributed by atoms with Gasteiger partial charge in [0.05, 0.1) is 6.04 Å². The van der Waals surface area contributed by atoms with Crippen molar-refractivity contribution in [2.45, 2.75) is 32.7 Å². The summed E-state index contributed by atoms with van der Waals surface area (Å²) in [6.07, 6.45) is 3.85. The fourth-order valence-electron chi connectivity index (χ4n) is 2.26. The number of para-hydroxylation sites is 1. The second-order valence-corrected chi connectivity index (χ2v) is 4.84. The van der Waals surface area contributed by atoms with Gasteiger partial charge in [-0.05, 0) is 30.9 Å². The van der Waals surface area contributed by atoms with Gasteiger partial charge in [-0.1, -0.05) is 25.1 Å². The number of aromatic nitrogens is 1. The zero-order valence-corrected chi connectivity index (χ0v) is 11.5. The Morgan fingerprint density at radius 1 is 1.42 bits per heavy atom. The van der Waals surface area contributed by atoms with E-state index in [0.717, 1.165) is 12.8 Å². The predicted molar refractivity (Wildman–Crippen MR) is 78.0 cm³/mol. The van der Waals surface area contributed by atoms with Crippen LogP contribution in [0.15, 0.2) is 24.4 Å². The van der Waals surface area contributed by atoms with Crippen molar-refractivity contribution < 1.29 is 4.79 Å². The summed E-state index contributed by atoms with van der Waals surface area (Å²) in [5.74, 6) is -0.103. The maximum atomic E-state index is 11.4. The molecule has 0 fully saturated rings. The van der Waals surface area contributed by atoms with Gasteiger partial charge in [-0.15, -0.1) is 0 Å². The number of nitrogens with one attached hydrogen (secondary N) is 2. The predicted octanol–water partition coefficient (Wildman–Crippen LogP) is 1.74. The van der Waals surface area contributed by atoms with E-state index in [1.165, 1.54) is 22.0 Å². The minimum atomic E-state index is -0.449. The normalized spacial score (nSPS) is 12.6. The fraction of sp³-hybridized carbons (Fsp3) is 0.400. The summed E-state index contributed by atoms with van der Waals surface area (Å²) in [4.78, 5) is 14.7. The molecule has 102 valence electrons. The van der Waals surface area contributed by atoms with Crippen LogP contribution in [-0.4, -0.2) is 23.5 Å². The van der Waals surface area contributed by atoms with Crippen molar-refractivity contribution in [2.24, 2.45) is 5.73 Å². The summed E-state index contributed by atoms with van der Waals surface area (Å²) in [6.45, 7) is 4.45. The number of nitrogens with two attached hydrogens (primary N) is 1. The van der Waals surface area contributed by atoms with Gasteiger partial charge in [0.25, 0.3) is 0 Å². The first kappa shape index (κ1) is 13.6. The number of aromatic amines is 1. The molecule has 1 aromatic heterocycles. The summed E-state index contributed by atoms with van der Waals surface area (Å²) in [5.41, 5.74) is 9.27. The first-order valence-electron chi connectivity index (χ1n) is 6.74. The Labute approximate surface area is 113 Å². The average Bonchev–Trinajstić information content (AvgIpc) is 2.81. The minimum Gasteiger partial charge on any atom is -0.361 e. The molecular weight excluding hydrogens is 238 g/mol. The van der Waals surface area contributed by atoms with Crippen LogP contribution in [0.2, 0.25) is 0 Å². The first-order valence-corrected chi connectivity index (χ1v) is 6.74. The van der Waals surface area contributed by atoms with Crippen LogP contribution in [0.25, 0.3) is 10.9 Å². The standard InChI is InChI=1S/C15H21N3O/c1-3-11-5-4-6-13-12(9-18-14(11)13)7-8-17-15(19)10(2)16/h4-6,9-10,18H,3,7-8,16H2,1-2H3,(H,17,19)/t10-/m1/s1. The highest BCUT2D eigenvalue weighted by atomic mass is 16.2. The lowest BCUT2D eigenvalue weighted by atomic mass is 10.1. The molecule has 1 aromatic carbocycles. The highest BCUT2D eigenvalue weighted by Gasteiger charge is 2.08. The highest BCUT2D eigenvalue weighted by Crippen LogP contribution is 2.22. The van der Waals surface area contributed by atoms with E-state index in [4.69, 9.17) is 5.73 Å². The van der Waals surface area contributed by atoms with Crippen LogP contribution in [0, 0.1) is 0 Å². The van der Waals surface area contributed by atoms with Crippen LogP contribution in [-0.2, 0) is 17.6 Å². The van der Waals surface area contributed by atoms with Crippen molar-refractivity contribution in [2.75, 3.05) is 6.54 Å². The Balaban J connectivity index is 2.08. The quantitative estimate of drug-likeness (QED) is 0.765. The number of carbonyl (C=O) groups is 1. The molecule has 0 aliphatic rings. The number of H-pyrrole nitrogens is 1. The molecule has 0 spiro atoms. The molecule has 4 heteroatoms. The maximum Gasteiger partial charge on any atom is 0.236 e. The van der Waals surface area contributed by atoms with Crippen LogP contribution in [0.3, 0.4) is 0 Å². The topological polar surface area (TPSA) is 70.9 Å². The number of carbonyl (C=O) groups excluding carboxylic acids is 1. The van der Waals surface area contributed by atoms with E-state index in [-0.39, 0.29) is 5.91 Å². The number of fused-ring (bicyclic) bond motifs is 1. The van der Waals surface area contributed by atoms with Gasteiger partial charge in [-0.3, -0.25) is 4.79 Å². The van der Waals surface area contributed by atoms with Gasteiger partial charge in [-0.25, -0.2) is 0 Å². The molecule has 0 saturated carbocycles. The maximum absolute atomic E-state index is 11.4. The number of hydrogen-bond donors (Lipinski definition) is 3. The molecule has 4 nitrogen and oxygen atoms in total. The average molecular weight is 259 g/mol. The van der Waals surface area contributed by atoms with E-state index in [1.54, 1.807) is 6.92 Å². The van der Waals surface area contributed by atoms with E-state index in [1.807, 2.05) is 6.20 Å². The molecule has 1 amide bonds. The first-order chi connectivity index (χ1) is 9.13. The Hall–Kier alpha value is -1.81. The number of rotatable bonds is 5. The largest absolute Gasteiger partial charge is 0.361 e. The molecule has 0 bridgehead atoms. The zero-order chi connectivity index (χ0) is 13.8. The van der Waals surface area contributed by atoms with Gasteiger partial charge >= 0.3 is 0 Å². The number of hydrogen-bond acceptors (Lipinski definition) is 2. The minimum absolute atomic E-state index is 0.103. The Morgan fingerprint density at radius 3 is 2.89 bits per heavy atom. The van der Waals surface area contributed by atoms with Gasteiger partial charge < -0.3 is 16.0 Å². The molecule has 4 N–H and O–H groups in total. The SMILES string of the molecule is CCc1cccc2c(CCNC(=O)[C@@H](C)N)c[nH]c12. The van der Waals surface area contributed by atoms with E-state index in [0.29, 0.717) is 6.54 Å². The van der Waals surface area contributed by atoms with Gasteiger partial charge in [0, 0.05) is 23.6 Å². The fourth-order valence-corrected chi connectivity index (χ4v) is 2.26. The third kappa shape index (κ3) is 2.96. The third-order valence-electron chi connectivity index (χ3n) is 3.38. The third-order valence-corrected chi connectivity index (χ3v) is 3.38. The zero-order valence-electron chi connectivity index (χ0n) is 11.5. The van der Waals surface area contributed by atoms with Crippen molar-refractivity contribution in [3.05, 3.63) is 35.5 Å². The van der Waals surface area contributed by atoms with Gasteiger partial charge in [-0.2, -0.15) is 0 Å². The number of benzene rings is 1. The van der Waals surface area contributed by atoms with E-state index in [9.17, 15) is 4.79 Å². The molecule has 1 atom stereocenters. The molecule has 19 heavy (non-hydrogen) atoms. The summed E-state index contributed by atoms with van der Waals surface area (Å²) < 4.78 is 0. The van der Waals surface area contributed by atoms with E-state index >= 15 is 0 Å². The van der Waals surface area contributed by atoms with Crippen LogP contribution in [0.5, 0.6) is 0 Å². The lowest BCUT2D eigenvalue weighted by Crippen LogP contribution is -2.39. The second-order valence-electron chi connectivity index (χ2n) is 4.84. The van der Waals surface area contributed by atoms with Gasteiger partial charge in [0.2, 0.25) is 5.91 Å². The molecule has 0 radical (unpaired) electrons. The Kier molecular flexibility index (Phi) is 4.22. The van der Waals surface area contributed by atoms with E-state index < -0.39 is 6.04 Å². The molecular formula is C15H21N3O. The monoisotopic (exact) mass is 259 g/mol. The van der Waals surface area contributed by atoms with Crippen LogP contribution in [0.1, 0.15) is 25.0 Å². The summed E-state index contributed by atoms with van der Waals surface area (Å²) in [6, 6.07) is 5.89. The lowest BCUT2D eigenvalue weighted by Gasteiger charge is -2.07. The molecule has 0 aliphatic heterocycles. The van der Waals surface area contributed by atoms with Gasteiger partial charge in [0.1, 0.15) is 0 Å². The second kappa shape index (κ2) is 5.89. The molecule has 0 aliphatic carbocycles. The highest BCUT2D eigenvalue weighted by molar-refractivity contribution is 5.86. The smallest absolute Gasteiger partial charge is 0.236 e. The van der Waals surface area contributed by atoms with Crippen molar-refractivity contribution in [1.82, 2.24) is 10.3 Å². The van der Waals surface area contributed by atoms with Crippen LogP contribution < -0.4 is 11.1 Å². The van der Waals surface area contributed by atoms with Crippen molar-refractivity contribution in [1.29, 1.82) is 0 Å². The van der Waals surface area contributed by atoms with Gasteiger partial charge in [0.15, 0.2) is 0 Å². The van der Waals surface area contributed by atoms with Crippen molar-refractivity contribution in [3.63, 3.8) is 0 Å². The number of aryl methyl sites for hydroxylation is 1. The lowest BCUT2D eigenvalue weighted by molar-refractivity contribution is -0.121. The molecule has 0 unspecified atom stereocenters. The van der Waals surface area contributed by atoms with Crippen LogP contribution in [0.4, 0.5) is 0 Å². The Morgan fingerprint density at radius 2 is 2.21 bits per heavy atom. The number of amides is 1.